The molecule has 0 spiro atoms. The molecule has 0 aliphatic carbocycles. The summed E-state index contributed by atoms with van der Waals surface area (Å²) in [4.78, 5) is 0. The van der Waals surface area contributed by atoms with Gasteiger partial charge in [0.15, 0.2) is 0 Å². The first-order valence-electron chi connectivity index (χ1n) is 9.36. The standard InChI is InChI=1S/C21H17F6N3/c22-20(23,24)14-10-8-13(9-11-14)18-15-5-3-4-12-28-19(15)30(29-18)17-7-2-1-6-16(17)21(25,26)27/h1-2,6-11,28H,3-5,12H2. The molecule has 2 heterocycles. The fourth-order valence-corrected chi connectivity index (χ4v) is 3.62. The number of hydrogen-bond donors (Lipinski definition) is 1. The summed E-state index contributed by atoms with van der Waals surface area (Å²) < 4.78 is 80.6. The van der Waals surface area contributed by atoms with Crippen molar-refractivity contribution < 1.29 is 26.3 Å². The van der Waals surface area contributed by atoms with E-state index in [0.717, 1.165) is 31.0 Å². The first kappa shape index (κ1) is 20.3. The van der Waals surface area contributed by atoms with Gasteiger partial charge in [0.2, 0.25) is 0 Å². The monoisotopic (exact) mass is 425 g/mol. The Morgan fingerprint density at radius 1 is 0.833 bits per heavy atom. The van der Waals surface area contributed by atoms with Gasteiger partial charge in [-0.2, -0.15) is 31.4 Å². The van der Waals surface area contributed by atoms with Gasteiger partial charge in [0.05, 0.1) is 22.5 Å². The van der Waals surface area contributed by atoms with Crippen molar-refractivity contribution in [3.05, 3.63) is 65.2 Å². The van der Waals surface area contributed by atoms with Crippen LogP contribution in [0.1, 0.15) is 29.5 Å². The van der Waals surface area contributed by atoms with Crippen molar-refractivity contribution in [2.75, 3.05) is 11.9 Å². The maximum atomic E-state index is 13.6. The SMILES string of the molecule is FC(F)(F)c1ccc(-c2nn(-c3ccccc3C(F)(F)F)c3c2CCCCN3)cc1. The highest BCUT2D eigenvalue weighted by atomic mass is 19.4. The molecule has 0 radical (unpaired) electrons. The molecular weight excluding hydrogens is 408 g/mol. The Morgan fingerprint density at radius 3 is 2.20 bits per heavy atom. The van der Waals surface area contributed by atoms with Crippen LogP contribution in [0.5, 0.6) is 0 Å². The molecule has 0 saturated heterocycles. The average molecular weight is 425 g/mol. The topological polar surface area (TPSA) is 29.9 Å². The second-order valence-corrected chi connectivity index (χ2v) is 7.06. The van der Waals surface area contributed by atoms with E-state index in [0.29, 0.717) is 35.6 Å². The van der Waals surface area contributed by atoms with Crippen LogP contribution >= 0.6 is 0 Å². The number of rotatable bonds is 2. The van der Waals surface area contributed by atoms with Crippen molar-refractivity contribution in [1.82, 2.24) is 9.78 Å². The Morgan fingerprint density at radius 2 is 1.53 bits per heavy atom. The number of alkyl halides is 6. The number of anilines is 1. The van der Waals surface area contributed by atoms with Crippen molar-refractivity contribution in [3.8, 4) is 16.9 Å². The Hall–Kier alpha value is -2.97. The fourth-order valence-electron chi connectivity index (χ4n) is 3.62. The number of aromatic nitrogens is 2. The largest absolute Gasteiger partial charge is 0.418 e. The third-order valence-electron chi connectivity index (χ3n) is 5.05. The number of halogens is 6. The number of nitrogens with zero attached hydrogens (tertiary/aromatic N) is 2. The molecular formula is C21H17F6N3. The summed E-state index contributed by atoms with van der Waals surface area (Å²) in [5.74, 6) is 0.444. The lowest BCUT2D eigenvalue weighted by Gasteiger charge is -2.15. The molecule has 0 bridgehead atoms. The van der Waals surface area contributed by atoms with Gasteiger partial charge in [-0.3, -0.25) is 0 Å². The van der Waals surface area contributed by atoms with E-state index < -0.39 is 23.5 Å². The average Bonchev–Trinajstić information content (AvgIpc) is 2.87. The van der Waals surface area contributed by atoms with E-state index in [1.165, 1.54) is 35.0 Å². The molecule has 3 nitrogen and oxygen atoms in total. The number of fused-ring (bicyclic) bond motifs is 1. The zero-order valence-corrected chi connectivity index (χ0v) is 15.6. The van der Waals surface area contributed by atoms with Crippen molar-refractivity contribution in [2.24, 2.45) is 0 Å². The van der Waals surface area contributed by atoms with Crippen molar-refractivity contribution >= 4 is 5.82 Å². The first-order chi connectivity index (χ1) is 14.2. The van der Waals surface area contributed by atoms with E-state index in [2.05, 4.69) is 10.4 Å². The van der Waals surface area contributed by atoms with Crippen LogP contribution in [0.25, 0.3) is 16.9 Å². The Labute approximate surface area is 168 Å². The Kier molecular flexibility index (Phi) is 4.99. The molecule has 0 fully saturated rings. The normalized spacial score (nSPS) is 14.7. The predicted molar refractivity (Wildman–Crippen MR) is 100 cm³/mol. The highest BCUT2D eigenvalue weighted by Gasteiger charge is 2.35. The summed E-state index contributed by atoms with van der Waals surface area (Å²) in [6, 6.07) is 9.62. The summed E-state index contributed by atoms with van der Waals surface area (Å²) >= 11 is 0. The van der Waals surface area contributed by atoms with Gasteiger partial charge in [-0.25, -0.2) is 4.68 Å². The van der Waals surface area contributed by atoms with Crippen LogP contribution in [0.15, 0.2) is 48.5 Å². The minimum Gasteiger partial charge on any atom is -0.370 e. The second kappa shape index (κ2) is 7.37. The minimum atomic E-state index is -4.57. The predicted octanol–water partition coefficient (Wildman–Crippen LogP) is 6.33. The van der Waals surface area contributed by atoms with Crippen LogP contribution in [-0.2, 0) is 18.8 Å². The number of benzene rings is 2. The molecule has 0 unspecified atom stereocenters. The van der Waals surface area contributed by atoms with Crippen LogP contribution in [0.3, 0.4) is 0 Å². The zero-order chi connectivity index (χ0) is 21.5. The van der Waals surface area contributed by atoms with Crippen LogP contribution < -0.4 is 5.32 Å². The second-order valence-electron chi connectivity index (χ2n) is 7.06. The Balaban J connectivity index is 1.89. The molecule has 3 aromatic rings. The van der Waals surface area contributed by atoms with Gasteiger partial charge in [-0.05, 0) is 43.5 Å². The van der Waals surface area contributed by atoms with E-state index in [-0.39, 0.29) is 5.69 Å². The molecule has 0 atom stereocenters. The number of nitrogens with one attached hydrogen (secondary N) is 1. The smallest absolute Gasteiger partial charge is 0.370 e. The molecule has 9 heteroatoms. The molecule has 30 heavy (non-hydrogen) atoms. The zero-order valence-electron chi connectivity index (χ0n) is 15.6. The third kappa shape index (κ3) is 3.76. The summed E-state index contributed by atoms with van der Waals surface area (Å²) in [5.41, 5.74) is -0.257. The van der Waals surface area contributed by atoms with Crippen molar-refractivity contribution in [3.63, 3.8) is 0 Å². The molecule has 1 aliphatic heterocycles. The summed E-state index contributed by atoms with van der Waals surface area (Å²) in [6.07, 6.45) is -6.87. The molecule has 1 aromatic heterocycles. The molecule has 1 aliphatic rings. The Bertz CT molecular complexity index is 1050. The quantitative estimate of drug-likeness (QED) is 0.487. The lowest BCUT2D eigenvalue weighted by atomic mass is 10.0. The van der Waals surface area contributed by atoms with Gasteiger partial charge in [-0.15, -0.1) is 0 Å². The third-order valence-corrected chi connectivity index (χ3v) is 5.05. The molecule has 4 rings (SSSR count). The maximum Gasteiger partial charge on any atom is 0.418 e. The number of hydrogen-bond acceptors (Lipinski definition) is 2. The van der Waals surface area contributed by atoms with Crippen LogP contribution in [0, 0.1) is 0 Å². The highest BCUT2D eigenvalue weighted by Crippen LogP contribution is 2.39. The van der Waals surface area contributed by atoms with Gasteiger partial charge in [0, 0.05) is 17.7 Å². The lowest BCUT2D eigenvalue weighted by Crippen LogP contribution is -2.14. The molecule has 1 N–H and O–H groups in total. The van der Waals surface area contributed by atoms with Gasteiger partial charge >= 0.3 is 12.4 Å². The van der Waals surface area contributed by atoms with Gasteiger partial charge in [0.1, 0.15) is 5.82 Å². The van der Waals surface area contributed by atoms with Gasteiger partial charge < -0.3 is 5.32 Å². The highest BCUT2D eigenvalue weighted by molar-refractivity contribution is 5.72. The summed E-state index contributed by atoms with van der Waals surface area (Å²) in [5, 5.41) is 7.56. The van der Waals surface area contributed by atoms with Gasteiger partial charge in [-0.1, -0.05) is 24.3 Å². The van der Waals surface area contributed by atoms with E-state index in [1.54, 1.807) is 0 Å². The van der Waals surface area contributed by atoms with E-state index >= 15 is 0 Å². The van der Waals surface area contributed by atoms with E-state index in [1.807, 2.05) is 0 Å². The minimum absolute atomic E-state index is 0.131. The van der Waals surface area contributed by atoms with Crippen LogP contribution in [-0.4, -0.2) is 16.3 Å². The van der Waals surface area contributed by atoms with Crippen LogP contribution in [0.4, 0.5) is 32.2 Å². The van der Waals surface area contributed by atoms with Gasteiger partial charge in [0.25, 0.3) is 0 Å². The van der Waals surface area contributed by atoms with Crippen molar-refractivity contribution in [2.45, 2.75) is 31.6 Å². The fraction of sp³-hybridized carbons (Fsp3) is 0.286. The molecule has 0 amide bonds. The maximum absolute atomic E-state index is 13.6. The summed E-state index contributed by atoms with van der Waals surface area (Å²) in [6.45, 7) is 0.569. The van der Waals surface area contributed by atoms with Crippen molar-refractivity contribution in [1.29, 1.82) is 0 Å². The molecule has 0 saturated carbocycles. The summed E-state index contributed by atoms with van der Waals surface area (Å²) in [7, 11) is 0. The van der Waals surface area contributed by atoms with E-state index in [4.69, 9.17) is 0 Å². The molecule has 158 valence electrons. The number of para-hydroxylation sites is 1. The molecule has 2 aromatic carbocycles. The van der Waals surface area contributed by atoms with Crippen LogP contribution in [0.2, 0.25) is 0 Å². The first-order valence-corrected chi connectivity index (χ1v) is 9.36. The lowest BCUT2D eigenvalue weighted by molar-refractivity contribution is -0.138. The van der Waals surface area contributed by atoms with E-state index in [9.17, 15) is 26.3 Å².